The first-order chi connectivity index (χ1) is 15.2. The van der Waals surface area contributed by atoms with Gasteiger partial charge in [-0.1, -0.05) is 66.2 Å². The van der Waals surface area contributed by atoms with Gasteiger partial charge in [0.2, 0.25) is 0 Å². The number of likely N-dealkylation sites (tertiary alicyclic amines) is 1. The van der Waals surface area contributed by atoms with Gasteiger partial charge in [0.15, 0.2) is 0 Å². The molecule has 1 aliphatic heterocycles. The number of anilines is 1. The summed E-state index contributed by atoms with van der Waals surface area (Å²) in [6, 6.07) is 27.2. The van der Waals surface area contributed by atoms with Crippen LogP contribution in [0.15, 0.2) is 78.4 Å². The highest BCUT2D eigenvalue weighted by Crippen LogP contribution is 2.38. The second-order valence-corrected chi connectivity index (χ2v) is 9.13. The van der Waals surface area contributed by atoms with Crippen molar-refractivity contribution >= 4 is 11.3 Å². The number of fused-ring (bicyclic) bond motifs is 2. The van der Waals surface area contributed by atoms with Gasteiger partial charge in [-0.05, 0) is 71.2 Å². The second kappa shape index (κ2) is 8.72. The average Bonchev–Trinajstić information content (AvgIpc) is 2.97. The van der Waals surface area contributed by atoms with E-state index < -0.39 is 0 Å². The summed E-state index contributed by atoms with van der Waals surface area (Å²) in [5.74, 6) is 0. The number of aryl methyl sites for hydroxylation is 2. The van der Waals surface area contributed by atoms with Crippen LogP contribution < -0.4 is 4.90 Å². The van der Waals surface area contributed by atoms with Gasteiger partial charge in [0.25, 0.3) is 0 Å². The number of rotatable bonds is 3. The number of benzene rings is 3. The number of hydrogen-bond acceptors (Lipinski definition) is 2. The van der Waals surface area contributed by atoms with Crippen LogP contribution in [0.2, 0.25) is 0 Å². The Labute approximate surface area is 186 Å². The fourth-order valence-electron chi connectivity index (χ4n) is 5.15. The summed E-state index contributed by atoms with van der Waals surface area (Å²) in [5.41, 5.74) is 11.8. The van der Waals surface area contributed by atoms with E-state index in [0.717, 1.165) is 45.3 Å². The quantitative estimate of drug-likeness (QED) is 0.528. The van der Waals surface area contributed by atoms with E-state index in [0.29, 0.717) is 0 Å². The Kier molecular flexibility index (Phi) is 5.65. The average molecular weight is 409 g/mol. The molecule has 2 heteroatoms. The van der Waals surface area contributed by atoms with Crippen LogP contribution in [0.25, 0.3) is 5.57 Å². The summed E-state index contributed by atoms with van der Waals surface area (Å²) in [6.07, 6.45) is 4.60. The molecule has 5 rings (SSSR count). The van der Waals surface area contributed by atoms with E-state index in [-0.39, 0.29) is 0 Å². The largest absolute Gasteiger partial charge is 0.378 e. The molecule has 0 atom stereocenters. The minimum Gasteiger partial charge on any atom is -0.378 e. The molecular weight excluding hydrogens is 376 g/mol. The third kappa shape index (κ3) is 4.18. The van der Waals surface area contributed by atoms with E-state index in [9.17, 15) is 0 Å². The van der Waals surface area contributed by atoms with Crippen molar-refractivity contribution < 1.29 is 0 Å². The lowest BCUT2D eigenvalue weighted by Crippen LogP contribution is -2.30. The summed E-state index contributed by atoms with van der Waals surface area (Å²) in [5, 5.41) is 0. The second-order valence-electron chi connectivity index (χ2n) is 9.13. The van der Waals surface area contributed by atoms with Crippen molar-refractivity contribution in [2.45, 2.75) is 32.2 Å². The van der Waals surface area contributed by atoms with E-state index >= 15 is 0 Å². The molecule has 3 aromatic carbocycles. The van der Waals surface area contributed by atoms with Crippen LogP contribution in [0.1, 0.15) is 40.7 Å². The summed E-state index contributed by atoms with van der Waals surface area (Å²) in [4.78, 5) is 4.77. The van der Waals surface area contributed by atoms with Crippen LogP contribution in [-0.4, -0.2) is 32.1 Å². The third-order valence-electron chi connectivity index (χ3n) is 6.91. The molecule has 31 heavy (non-hydrogen) atoms. The lowest BCUT2D eigenvalue weighted by Gasteiger charge is -2.30. The standard InChI is InChI=1S/C29H32N2/c1-30(2)26-15-11-22(12-16-26)21-31-19-17-25(18-20-31)29-27-9-5-3-7-23(27)13-14-24-8-4-6-10-28(24)29/h3-12,15-16H,13-14,17-21H2,1-2H3. The van der Waals surface area contributed by atoms with Gasteiger partial charge in [-0.3, -0.25) is 4.90 Å². The van der Waals surface area contributed by atoms with Crippen LogP contribution in [0.3, 0.4) is 0 Å². The van der Waals surface area contributed by atoms with Crippen LogP contribution >= 0.6 is 0 Å². The van der Waals surface area contributed by atoms with Gasteiger partial charge in [0, 0.05) is 39.4 Å². The predicted octanol–water partition coefficient (Wildman–Crippen LogP) is 5.95. The van der Waals surface area contributed by atoms with Crippen molar-refractivity contribution in [3.8, 4) is 0 Å². The smallest absolute Gasteiger partial charge is 0.0361 e. The van der Waals surface area contributed by atoms with Gasteiger partial charge in [0.1, 0.15) is 0 Å². The topological polar surface area (TPSA) is 6.48 Å². The molecule has 158 valence electrons. The Hall–Kier alpha value is -2.84. The van der Waals surface area contributed by atoms with Crippen LogP contribution in [0.5, 0.6) is 0 Å². The zero-order valence-corrected chi connectivity index (χ0v) is 18.8. The zero-order valence-electron chi connectivity index (χ0n) is 18.8. The molecule has 0 spiro atoms. The van der Waals surface area contributed by atoms with Crippen molar-refractivity contribution in [2.24, 2.45) is 0 Å². The van der Waals surface area contributed by atoms with Gasteiger partial charge in [0.05, 0.1) is 0 Å². The SMILES string of the molecule is CN(C)c1ccc(CN2CCC(=C3c4ccccc4CCc4ccccc43)CC2)cc1. The Morgan fingerprint density at radius 1 is 0.677 bits per heavy atom. The van der Waals surface area contributed by atoms with E-state index in [1.165, 1.54) is 39.1 Å². The lowest BCUT2D eigenvalue weighted by atomic mass is 9.86. The minimum absolute atomic E-state index is 1.05. The molecule has 1 heterocycles. The van der Waals surface area contributed by atoms with Crippen molar-refractivity contribution in [1.29, 1.82) is 0 Å². The number of hydrogen-bond donors (Lipinski definition) is 0. The molecule has 0 saturated carbocycles. The van der Waals surface area contributed by atoms with Crippen molar-refractivity contribution in [3.05, 3.63) is 106 Å². The lowest BCUT2D eigenvalue weighted by molar-refractivity contribution is 0.248. The number of nitrogens with zero attached hydrogens (tertiary/aromatic N) is 2. The van der Waals surface area contributed by atoms with Gasteiger partial charge in [-0.2, -0.15) is 0 Å². The Morgan fingerprint density at radius 2 is 1.23 bits per heavy atom. The molecule has 2 aliphatic rings. The van der Waals surface area contributed by atoms with Crippen LogP contribution in [0.4, 0.5) is 5.69 Å². The molecule has 0 radical (unpaired) electrons. The fraction of sp³-hybridized carbons (Fsp3) is 0.310. The van der Waals surface area contributed by atoms with Gasteiger partial charge in [-0.15, -0.1) is 0 Å². The fourth-order valence-corrected chi connectivity index (χ4v) is 5.15. The first-order valence-electron chi connectivity index (χ1n) is 11.6. The Balaban J connectivity index is 1.40. The first kappa shape index (κ1) is 20.1. The van der Waals surface area contributed by atoms with E-state index in [1.54, 1.807) is 5.57 Å². The Morgan fingerprint density at radius 3 is 1.77 bits per heavy atom. The molecule has 0 amide bonds. The molecule has 0 N–H and O–H groups in total. The third-order valence-corrected chi connectivity index (χ3v) is 6.91. The predicted molar refractivity (Wildman–Crippen MR) is 132 cm³/mol. The van der Waals surface area contributed by atoms with Gasteiger partial charge in [-0.25, -0.2) is 0 Å². The molecule has 3 aromatic rings. The van der Waals surface area contributed by atoms with Gasteiger partial charge < -0.3 is 4.90 Å². The maximum absolute atomic E-state index is 2.61. The molecule has 2 nitrogen and oxygen atoms in total. The summed E-state index contributed by atoms with van der Waals surface area (Å²) in [7, 11) is 4.19. The molecule has 1 saturated heterocycles. The first-order valence-corrected chi connectivity index (χ1v) is 11.6. The monoisotopic (exact) mass is 408 g/mol. The van der Waals surface area contributed by atoms with Crippen LogP contribution in [0, 0.1) is 0 Å². The van der Waals surface area contributed by atoms with E-state index in [2.05, 4.69) is 96.7 Å². The van der Waals surface area contributed by atoms with Crippen molar-refractivity contribution in [3.63, 3.8) is 0 Å². The molecule has 0 unspecified atom stereocenters. The molecule has 1 fully saturated rings. The van der Waals surface area contributed by atoms with Crippen molar-refractivity contribution in [2.75, 3.05) is 32.1 Å². The summed E-state index contributed by atoms with van der Waals surface area (Å²) >= 11 is 0. The highest BCUT2D eigenvalue weighted by molar-refractivity contribution is 5.86. The van der Waals surface area contributed by atoms with Crippen molar-refractivity contribution in [1.82, 2.24) is 4.90 Å². The Bertz CT molecular complexity index is 1030. The summed E-state index contributed by atoms with van der Waals surface area (Å²) < 4.78 is 0. The van der Waals surface area contributed by atoms with E-state index in [4.69, 9.17) is 0 Å². The highest BCUT2D eigenvalue weighted by atomic mass is 15.1. The summed E-state index contributed by atoms with van der Waals surface area (Å²) in [6.45, 7) is 3.32. The zero-order chi connectivity index (χ0) is 21.2. The maximum Gasteiger partial charge on any atom is 0.0361 e. The highest BCUT2D eigenvalue weighted by Gasteiger charge is 2.23. The molecular formula is C29H32N2. The molecule has 0 bridgehead atoms. The minimum atomic E-state index is 1.05. The molecule has 1 aliphatic carbocycles. The molecule has 0 aromatic heterocycles. The normalized spacial score (nSPS) is 16.5. The van der Waals surface area contributed by atoms with Crippen LogP contribution in [-0.2, 0) is 19.4 Å². The van der Waals surface area contributed by atoms with Gasteiger partial charge >= 0.3 is 0 Å². The number of piperidine rings is 1. The van der Waals surface area contributed by atoms with E-state index in [1.807, 2.05) is 0 Å². The maximum atomic E-state index is 2.61.